The second kappa shape index (κ2) is 15.9. The fraction of sp³-hybridized carbons (Fsp3) is 0.588. The molecule has 240 valence electrons. The van der Waals surface area contributed by atoms with Crippen LogP contribution >= 0.6 is 0 Å². The highest BCUT2D eigenvalue weighted by Gasteiger charge is 2.41. The van der Waals surface area contributed by atoms with Crippen LogP contribution in [0.5, 0.6) is 0 Å². The average molecular weight is 611 g/mol. The van der Waals surface area contributed by atoms with Crippen LogP contribution in [0.4, 0.5) is 0 Å². The van der Waals surface area contributed by atoms with E-state index in [1.165, 1.54) is 0 Å². The largest absolute Gasteiger partial charge is 0.481 e. The van der Waals surface area contributed by atoms with Gasteiger partial charge in [-0.3, -0.25) is 9.59 Å². The molecule has 3 saturated heterocycles. The molecule has 10 nitrogen and oxygen atoms in total. The third-order valence-electron chi connectivity index (χ3n) is 8.79. The van der Waals surface area contributed by atoms with E-state index in [4.69, 9.17) is 24.1 Å². The van der Waals surface area contributed by atoms with Crippen molar-refractivity contribution in [3.8, 4) is 0 Å². The summed E-state index contributed by atoms with van der Waals surface area (Å²) in [7, 11) is 0. The molecule has 0 aromatic heterocycles. The molecule has 3 N–H and O–H groups in total. The number of nitrogens with zero attached hydrogens (tertiary/aromatic N) is 1. The van der Waals surface area contributed by atoms with Gasteiger partial charge in [0.15, 0.2) is 12.1 Å². The van der Waals surface area contributed by atoms with Gasteiger partial charge in [-0.15, -0.1) is 0 Å². The number of carbonyl (C=O) groups excluding carboxylic acids is 1. The molecule has 0 bridgehead atoms. The monoisotopic (exact) mass is 610 g/mol. The number of hydrogen-bond acceptors (Lipinski definition) is 8. The van der Waals surface area contributed by atoms with Crippen molar-refractivity contribution in [3.05, 3.63) is 70.8 Å². The summed E-state index contributed by atoms with van der Waals surface area (Å²) in [4.78, 5) is 25.3. The van der Waals surface area contributed by atoms with E-state index in [0.717, 1.165) is 80.4 Å². The van der Waals surface area contributed by atoms with Gasteiger partial charge in [0.05, 0.1) is 32.0 Å². The van der Waals surface area contributed by atoms with Crippen molar-refractivity contribution in [2.45, 2.75) is 95.2 Å². The van der Waals surface area contributed by atoms with Gasteiger partial charge in [-0.05, 0) is 29.5 Å². The topological polar surface area (TPSA) is 127 Å². The minimum Gasteiger partial charge on any atom is -0.481 e. The fourth-order valence-electron chi connectivity index (χ4n) is 6.18. The third kappa shape index (κ3) is 9.32. The van der Waals surface area contributed by atoms with E-state index >= 15 is 0 Å². The molecule has 3 heterocycles. The van der Waals surface area contributed by atoms with Gasteiger partial charge in [-0.2, -0.15) is 0 Å². The van der Waals surface area contributed by atoms with Crippen LogP contribution in [0.2, 0.25) is 0 Å². The number of benzene rings is 2. The van der Waals surface area contributed by atoms with Gasteiger partial charge in [0.25, 0.3) is 0 Å². The van der Waals surface area contributed by atoms with Crippen molar-refractivity contribution >= 4 is 11.9 Å². The summed E-state index contributed by atoms with van der Waals surface area (Å²) in [6, 6.07) is 15.9. The molecule has 1 amide bonds. The smallest absolute Gasteiger partial charge is 0.303 e. The predicted octanol–water partition coefficient (Wildman–Crippen LogP) is 4.60. The summed E-state index contributed by atoms with van der Waals surface area (Å²) in [6.07, 6.45) is 5.45. The average Bonchev–Trinajstić information content (AvgIpc) is 3.51. The fourth-order valence-corrected chi connectivity index (χ4v) is 6.18. The van der Waals surface area contributed by atoms with Crippen LogP contribution in [0.1, 0.15) is 92.4 Å². The van der Waals surface area contributed by atoms with E-state index in [0.29, 0.717) is 32.6 Å². The number of ether oxygens (including phenoxy) is 4. The molecule has 5 rings (SSSR count). The minimum absolute atomic E-state index is 0.00107. The maximum Gasteiger partial charge on any atom is 0.303 e. The second-order valence-corrected chi connectivity index (χ2v) is 12.1. The number of carbonyl (C=O) groups is 2. The Balaban J connectivity index is 1.15. The van der Waals surface area contributed by atoms with Crippen LogP contribution < -0.4 is 5.32 Å². The molecule has 3 aliphatic heterocycles. The van der Waals surface area contributed by atoms with Crippen molar-refractivity contribution in [2.24, 2.45) is 0 Å². The molecule has 3 fully saturated rings. The molecule has 44 heavy (non-hydrogen) atoms. The standard InChI is InChI=1S/C34H46N2O8/c37-24-26-9-11-27(12-10-26)30-21-29(23-36-17-15-34(16-18-36)41-19-20-42-34)43-33(44-30)28-13-7-25(8-14-28)22-35-31(38)5-3-1-2-4-6-32(39)40/h7-14,29-30,33,37H,1-6,15-24H2,(H,35,38)(H,39,40)/t29-,30+,33+/m1/s1. The third-order valence-corrected chi connectivity index (χ3v) is 8.79. The van der Waals surface area contributed by atoms with Crippen LogP contribution in [0, 0.1) is 0 Å². The van der Waals surface area contributed by atoms with Crippen molar-refractivity contribution < 1.29 is 38.7 Å². The lowest BCUT2D eigenvalue weighted by Crippen LogP contribution is -2.48. The van der Waals surface area contributed by atoms with E-state index in [1.54, 1.807) is 0 Å². The highest BCUT2D eigenvalue weighted by Crippen LogP contribution is 2.39. The van der Waals surface area contributed by atoms with Crippen molar-refractivity contribution in [1.82, 2.24) is 10.2 Å². The van der Waals surface area contributed by atoms with Crippen LogP contribution in [0.3, 0.4) is 0 Å². The highest BCUT2D eigenvalue weighted by atomic mass is 16.7. The van der Waals surface area contributed by atoms with E-state index < -0.39 is 18.0 Å². The molecule has 2 aromatic rings. The number of aliphatic hydroxyl groups is 1. The molecular weight excluding hydrogens is 564 g/mol. The van der Waals surface area contributed by atoms with Gasteiger partial charge in [-0.1, -0.05) is 61.4 Å². The summed E-state index contributed by atoms with van der Waals surface area (Å²) in [5.41, 5.74) is 3.84. The number of nitrogens with one attached hydrogen (secondary N) is 1. The SMILES string of the molecule is O=C(O)CCCCCCC(=O)NCc1ccc([C@H]2O[C@@H](CN3CCC4(CC3)OCCO4)C[C@@H](c3ccc(CO)cc3)O2)cc1. The Morgan fingerprint density at radius 3 is 2.14 bits per heavy atom. The highest BCUT2D eigenvalue weighted by molar-refractivity contribution is 5.75. The normalized spacial score (nSPS) is 23.5. The van der Waals surface area contributed by atoms with Gasteiger partial charge in [0.1, 0.15) is 0 Å². The maximum atomic E-state index is 12.3. The number of likely N-dealkylation sites (tertiary alicyclic amines) is 1. The molecule has 3 atom stereocenters. The Labute approximate surface area is 259 Å². The zero-order valence-corrected chi connectivity index (χ0v) is 25.5. The molecule has 0 saturated carbocycles. The number of carboxylic acid groups (broad SMARTS) is 1. The van der Waals surface area contributed by atoms with Crippen molar-refractivity contribution in [1.29, 1.82) is 0 Å². The first-order valence-corrected chi connectivity index (χ1v) is 16.0. The zero-order chi connectivity index (χ0) is 30.8. The Kier molecular flexibility index (Phi) is 11.8. The van der Waals surface area contributed by atoms with Crippen LogP contribution in [-0.4, -0.2) is 71.7 Å². The summed E-state index contributed by atoms with van der Waals surface area (Å²) in [5.74, 6) is -1.18. The molecule has 0 radical (unpaired) electrons. The summed E-state index contributed by atoms with van der Waals surface area (Å²) in [5, 5.41) is 21.2. The first-order chi connectivity index (χ1) is 21.4. The lowest BCUT2D eigenvalue weighted by Gasteiger charge is -2.41. The second-order valence-electron chi connectivity index (χ2n) is 12.1. The number of amides is 1. The molecule has 3 aliphatic rings. The lowest BCUT2D eigenvalue weighted by molar-refractivity contribution is -0.255. The molecule has 1 spiro atoms. The molecule has 0 aliphatic carbocycles. The zero-order valence-electron chi connectivity index (χ0n) is 25.5. The number of rotatable bonds is 14. The van der Waals surface area contributed by atoms with E-state index in [1.807, 2.05) is 48.5 Å². The Morgan fingerprint density at radius 1 is 0.841 bits per heavy atom. The summed E-state index contributed by atoms with van der Waals surface area (Å²) >= 11 is 0. The Bertz CT molecular complexity index is 1190. The quantitative estimate of drug-likeness (QED) is 0.263. The number of carboxylic acids is 1. The first-order valence-electron chi connectivity index (χ1n) is 16.0. The number of unbranched alkanes of at least 4 members (excludes halogenated alkanes) is 3. The van der Waals surface area contributed by atoms with Gasteiger partial charge >= 0.3 is 5.97 Å². The summed E-state index contributed by atoms with van der Waals surface area (Å²) < 4.78 is 24.9. The number of hydrogen-bond donors (Lipinski definition) is 3. The molecule has 10 heteroatoms. The number of aliphatic carboxylic acids is 1. The summed E-state index contributed by atoms with van der Waals surface area (Å²) in [6.45, 7) is 4.38. The molecule has 2 aromatic carbocycles. The number of aliphatic hydroxyl groups excluding tert-OH is 1. The first kappa shape index (κ1) is 32.5. The predicted molar refractivity (Wildman–Crippen MR) is 162 cm³/mol. The van der Waals surface area contributed by atoms with Crippen molar-refractivity contribution in [2.75, 3.05) is 32.8 Å². The van der Waals surface area contributed by atoms with Crippen LogP contribution in [-0.2, 0) is 41.7 Å². The van der Waals surface area contributed by atoms with Gasteiger partial charge in [0, 0.05) is 63.8 Å². The van der Waals surface area contributed by atoms with Gasteiger partial charge in [0.2, 0.25) is 5.91 Å². The molecular formula is C34H46N2O8. The van der Waals surface area contributed by atoms with E-state index in [-0.39, 0.29) is 31.1 Å². The lowest BCUT2D eigenvalue weighted by atomic mass is 9.98. The van der Waals surface area contributed by atoms with Crippen LogP contribution in [0.25, 0.3) is 0 Å². The van der Waals surface area contributed by atoms with Crippen molar-refractivity contribution in [3.63, 3.8) is 0 Å². The minimum atomic E-state index is -0.773. The number of piperidine rings is 1. The van der Waals surface area contributed by atoms with Gasteiger partial charge < -0.3 is 39.4 Å². The maximum absolute atomic E-state index is 12.3. The molecule has 0 unspecified atom stereocenters. The Hall–Kier alpha value is -2.86. The van der Waals surface area contributed by atoms with E-state index in [9.17, 15) is 14.7 Å². The Morgan fingerprint density at radius 2 is 1.48 bits per heavy atom. The van der Waals surface area contributed by atoms with E-state index in [2.05, 4.69) is 10.2 Å². The van der Waals surface area contributed by atoms with Crippen LogP contribution in [0.15, 0.2) is 48.5 Å². The van der Waals surface area contributed by atoms with Gasteiger partial charge in [-0.25, -0.2) is 0 Å².